The fourth-order valence-corrected chi connectivity index (χ4v) is 9.06. The summed E-state index contributed by atoms with van der Waals surface area (Å²) in [7, 11) is 0. The fourth-order valence-electron chi connectivity index (χ4n) is 9.06. The summed E-state index contributed by atoms with van der Waals surface area (Å²) in [6.07, 6.45) is 0. The highest BCUT2D eigenvalue weighted by atomic mass is 15.2. The molecule has 0 amide bonds. The number of hydrogen-bond donors (Lipinski definition) is 0. The third kappa shape index (κ3) is 6.14. The van der Waals surface area contributed by atoms with Crippen LogP contribution in [0, 0.1) is 0 Å². The number of para-hydroxylation sites is 5. The van der Waals surface area contributed by atoms with Crippen molar-refractivity contribution in [2.45, 2.75) is 0 Å². The molecule has 0 saturated heterocycles. The topological polar surface area (TPSA) is 8.17 Å². The zero-order chi connectivity index (χ0) is 39.8. The maximum Gasteiger partial charge on any atom is 0.0702 e. The summed E-state index contributed by atoms with van der Waals surface area (Å²) >= 11 is 0. The average molecular weight is 765 g/mol. The van der Waals surface area contributed by atoms with Gasteiger partial charge in [-0.2, -0.15) is 0 Å². The minimum Gasteiger partial charge on any atom is -0.308 e. The summed E-state index contributed by atoms with van der Waals surface area (Å²) in [5, 5.41) is 4.94. The van der Waals surface area contributed by atoms with E-state index in [1.807, 2.05) is 0 Å². The van der Waals surface area contributed by atoms with E-state index in [1.165, 1.54) is 66.0 Å². The van der Waals surface area contributed by atoms with Gasteiger partial charge in [0.15, 0.2) is 0 Å². The molecule has 0 aliphatic heterocycles. The molecule has 0 aliphatic carbocycles. The van der Waals surface area contributed by atoms with Crippen LogP contribution in [0.4, 0.5) is 17.1 Å². The normalized spacial score (nSPS) is 11.3. The number of rotatable bonds is 8. The summed E-state index contributed by atoms with van der Waals surface area (Å²) in [5.74, 6) is 0. The van der Waals surface area contributed by atoms with E-state index in [0.717, 1.165) is 33.9 Å². The van der Waals surface area contributed by atoms with Crippen LogP contribution in [0.3, 0.4) is 0 Å². The molecular formula is C58H40N2. The SMILES string of the molecule is c1ccc(-c2ccccc2-c2ccccc2-c2ccccc2N(c2cccc(-c3ccc4ccccc4c3)c2)c2ccccc2-n2c3ccccc3c3ccccc32)cc1. The maximum atomic E-state index is 2.47. The fraction of sp³-hybridized carbons (Fsp3) is 0. The van der Waals surface area contributed by atoms with Gasteiger partial charge in [0.2, 0.25) is 0 Å². The van der Waals surface area contributed by atoms with E-state index in [2.05, 4.69) is 252 Å². The number of benzene rings is 10. The van der Waals surface area contributed by atoms with E-state index in [4.69, 9.17) is 0 Å². The molecule has 0 atom stereocenters. The quantitative estimate of drug-likeness (QED) is 0.150. The molecule has 2 heteroatoms. The Kier molecular flexibility index (Phi) is 8.87. The van der Waals surface area contributed by atoms with Crippen LogP contribution in [0.5, 0.6) is 0 Å². The summed E-state index contributed by atoms with van der Waals surface area (Å²) < 4.78 is 2.44. The van der Waals surface area contributed by atoms with Gasteiger partial charge in [0.1, 0.15) is 0 Å². The van der Waals surface area contributed by atoms with E-state index in [9.17, 15) is 0 Å². The van der Waals surface area contributed by atoms with Crippen molar-refractivity contribution in [2.24, 2.45) is 0 Å². The van der Waals surface area contributed by atoms with Gasteiger partial charge in [-0.05, 0) is 98.2 Å². The summed E-state index contributed by atoms with van der Waals surface area (Å²) in [4.78, 5) is 2.47. The van der Waals surface area contributed by atoms with Crippen LogP contribution in [0.15, 0.2) is 243 Å². The van der Waals surface area contributed by atoms with Crippen molar-refractivity contribution in [2.75, 3.05) is 4.90 Å². The average Bonchev–Trinajstić information content (AvgIpc) is 3.66. The lowest BCUT2D eigenvalue weighted by Gasteiger charge is -2.31. The van der Waals surface area contributed by atoms with Crippen molar-refractivity contribution in [3.8, 4) is 50.2 Å². The van der Waals surface area contributed by atoms with Crippen molar-refractivity contribution < 1.29 is 0 Å². The first kappa shape index (κ1) is 35.2. The van der Waals surface area contributed by atoms with Crippen molar-refractivity contribution in [3.63, 3.8) is 0 Å². The summed E-state index contributed by atoms with van der Waals surface area (Å²) in [6, 6.07) is 88.0. The summed E-state index contributed by atoms with van der Waals surface area (Å²) in [6.45, 7) is 0. The van der Waals surface area contributed by atoms with E-state index in [1.54, 1.807) is 0 Å². The molecule has 11 rings (SSSR count). The number of aromatic nitrogens is 1. The minimum atomic E-state index is 1.07. The Bertz CT molecular complexity index is 3280. The Balaban J connectivity index is 1.17. The Labute approximate surface area is 350 Å². The number of anilines is 3. The first-order chi connectivity index (χ1) is 29.8. The third-order valence-electron chi connectivity index (χ3n) is 11.8. The zero-order valence-electron chi connectivity index (χ0n) is 33.0. The number of nitrogens with zero attached hydrogens (tertiary/aromatic N) is 2. The van der Waals surface area contributed by atoms with Gasteiger partial charge < -0.3 is 9.47 Å². The van der Waals surface area contributed by atoms with Crippen molar-refractivity contribution in [1.29, 1.82) is 0 Å². The van der Waals surface area contributed by atoms with E-state index in [0.29, 0.717) is 0 Å². The van der Waals surface area contributed by atoms with Crippen molar-refractivity contribution in [3.05, 3.63) is 243 Å². The highest BCUT2D eigenvalue weighted by Crippen LogP contribution is 2.48. The van der Waals surface area contributed by atoms with Crippen molar-refractivity contribution in [1.82, 2.24) is 4.57 Å². The first-order valence-electron chi connectivity index (χ1n) is 20.6. The van der Waals surface area contributed by atoms with Gasteiger partial charge in [-0.3, -0.25) is 0 Å². The molecule has 0 unspecified atom stereocenters. The third-order valence-corrected chi connectivity index (χ3v) is 11.8. The number of hydrogen-bond acceptors (Lipinski definition) is 1. The van der Waals surface area contributed by atoms with Crippen LogP contribution in [0.2, 0.25) is 0 Å². The monoisotopic (exact) mass is 764 g/mol. The lowest BCUT2D eigenvalue weighted by Crippen LogP contribution is -2.14. The van der Waals surface area contributed by atoms with Gasteiger partial charge in [0.25, 0.3) is 0 Å². The molecule has 0 saturated carbocycles. The smallest absolute Gasteiger partial charge is 0.0702 e. The highest BCUT2D eigenvalue weighted by molar-refractivity contribution is 6.10. The lowest BCUT2D eigenvalue weighted by atomic mass is 9.88. The molecule has 2 nitrogen and oxygen atoms in total. The molecule has 11 aromatic rings. The van der Waals surface area contributed by atoms with Gasteiger partial charge in [0.05, 0.1) is 28.1 Å². The van der Waals surface area contributed by atoms with Crippen LogP contribution >= 0.6 is 0 Å². The predicted molar refractivity (Wildman–Crippen MR) is 255 cm³/mol. The first-order valence-corrected chi connectivity index (χ1v) is 20.6. The predicted octanol–water partition coefficient (Wildman–Crippen LogP) is 16.1. The van der Waals surface area contributed by atoms with E-state index < -0.39 is 0 Å². The molecule has 282 valence electrons. The summed E-state index contributed by atoms with van der Waals surface area (Å²) in [5.41, 5.74) is 16.1. The maximum absolute atomic E-state index is 2.47. The Morgan fingerprint density at radius 3 is 1.52 bits per heavy atom. The molecule has 10 aromatic carbocycles. The van der Waals surface area contributed by atoms with E-state index >= 15 is 0 Å². The van der Waals surface area contributed by atoms with E-state index in [-0.39, 0.29) is 0 Å². The highest BCUT2D eigenvalue weighted by Gasteiger charge is 2.24. The Morgan fingerprint density at radius 2 is 0.783 bits per heavy atom. The Morgan fingerprint density at radius 1 is 0.283 bits per heavy atom. The largest absolute Gasteiger partial charge is 0.308 e. The molecule has 1 heterocycles. The molecule has 0 fully saturated rings. The zero-order valence-corrected chi connectivity index (χ0v) is 33.0. The minimum absolute atomic E-state index is 1.07. The van der Waals surface area contributed by atoms with Gasteiger partial charge in [-0.25, -0.2) is 0 Å². The molecule has 0 bridgehead atoms. The molecule has 0 spiro atoms. The van der Waals surface area contributed by atoms with Crippen LogP contribution < -0.4 is 4.90 Å². The molecule has 1 aromatic heterocycles. The van der Waals surface area contributed by atoms with Gasteiger partial charge >= 0.3 is 0 Å². The van der Waals surface area contributed by atoms with Crippen LogP contribution in [-0.4, -0.2) is 4.57 Å². The van der Waals surface area contributed by atoms with Gasteiger partial charge in [-0.1, -0.05) is 194 Å². The number of fused-ring (bicyclic) bond motifs is 4. The van der Waals surface area contributed by atoms with Crippen LogP contribution in [0.1, 0.15) is 0 Å². The molecule has 0 radical (unpaired) electrons. The molecular weight excluding hydrogens is 725 g/mol. The van der Waals surface area contributed by atoms with Crippen LogP contribution in [0.25, 0.3) is 82.8 Å². The van der Waals surface area contributed by atoms with Crippen molar-refractivity contribution >= 4 is 49.6 Å². The Hall–Kier alpha value is -7.94. The molecule has 0 aliphatic rings. The second-order valence-corrected chi connectivity index (χ2v) is 15.3. The second kappa shape index (κ2) is 15.1. The van der Waals surface area contributed by atoms with Gasteiger partial charge in [-0.15, -0.1) is 0 Å². The van der Waals surface area contributed by atoms with Crippen LogP contribution in [-0.2, 0) is 0 Å². The second-order valence-electron chi connectivity index (χ2n) is 15.3. The molecule has 0 N–H and O–H groups in total. The van der Waals surface area contributed by atoms with Gasteiger partial charge in [0, 0.05) is 22.0 Å². The lowest BCUT2D eigenvalue weighted by molar-refractivity contribution is 1.15. The standard InChI is InChI=1S/C58H40N2/c1-2-20-42(21-3-1)47-25-6-7-26-48(47)49-27-8-9-28-50(49)51-29-10-13-32-54(51)59(46-24-18-23-44(40-46)45-38-37-41-19-4-5-22-43(41)39-45)57-35-16-17-36-58(57)60-55-33-14-11-30-52(55)53-31-12-15-34-56(53)60/h1-40H. The molecule has 60 heavy (non-hydrogen) atoms.